The van der Waals surface area contributed by atoms with E-state index in [1.54, 1.807) is 0 Å². The van der Waals surface area contributed by atoms with Crippen LogP contribution in [-0.2, 0) is 13.2 Å². The van der Waals surface area contributed by atoms with Crippen LogP contribution in [0.25, 0.3) is 0 Å². The predicted molar refractivity (Wildman–Crippen MR) is 111 cm³/mol. The van der Waals surface area contributed by atoms with Gasteiger partial charge in [-0.25, -0.2) is 0 Å². The van der Waals surface area contributed by atoms with Gasteiger partial charge in [0.25, 0.3) is 0 Å². The highest BCUT2D eigenvalue weighted by Crippen LogP contribution is 2.20. The van der Waals surface area contributed by atoms with Gasteiger partial charge < -0.3 is 14.8 Å². The molecule has 27 heavy (non-hydrogen) atoms. The Morgan fingerprint density at radius 3 is 2.33 bits per heavy atom. The summed E-state index contributed by atoms with van der Waals surface area (Å²) in [4.78, 5) is 0. The van der Waals surface area contributed by atoms with Crippen molar-refractivity contribution in [2.75, 3.05) is 11.9 Å². The highest BCUT2D eigenvalue weighted by molar-refractivity contribution is 5.48. The first-order chi connectivity index (χ1) is 13.3. The van der Waals surface area contributed by atoms with Gasteiger partial charge in [-0.3, -0.25) is 0 Å². The first kappa shape index (κ1) is 18.8. The number of anilines is 1. The molecule has 0 saturated carbocycles. The van der Waals surface area contributed by atoms with Crippen LogP contribution in [0.15, 0.2) is 78.9 Å². The van der Waals surface area contributed by atoms with Gasteiger partial charge in [-0.1, -0.05) is 61.9 Å². The van der Waals surface area contributed by atoms with Gasteiger partial charge >= 0.3 is 0 Å². The van der Waals surface area contributed by atoms with Crippen molar-refractivity contribution in [3.8, 4) is 11.5 Å². The Labute approximate surface area is 162 Å². The van der Waals surface area contributed by atoms with Gasteiger partial charge in [0.05, 0.1) is 6.61 Å². The van der Waals surface area contributed by atoms with E-state index < -0.39 is 0 Å². The molecule has 3 aromatic rings. The SMILES string of the molecule is CCCCOc1ccc(CNc2cccc(OCc3ccccc3)c2)cc1. The van der Waals surface area contributed by atoms with E-state index in [4.69, 9.17) is 9.47 Å². The van der Waals surface area contributed by atoms with Crippen LogP contribution in [-0.4, -0.2) is 6.61 Å². The van der Waals surface area contributed by atoms with Crippen LogP contribution in [0.5, 0.6) is 11.5 Å². The van der Waals surface area contributed by atoms with Gasteiger partial charge in [0.1, 0.15) is 18.1 Å². The minimum absolute atomic E-state index is 0.573. The maximum absolute atomic E-state index is 5.89. The molecule has 0 radical (unpaired) electrons. The molecule has 0 saturated heterocycles. The molecule has 0 heterocycles. The molecule has 3 aromatic carbocycles. The minimum Gasteiger partial charge on any atom is -0.494 e. The van der Waals surface area contributed by atoms with Crippen LogP contribution in [0.3, 0.4) is 0 Å². The lowest BCUT2D eigenvalue weighted by Crippen LogP contribution is -2.01. The Bertz CT molecular complexity index is 800. The molecular weight excluding hydrogens is 334 g/mol. The van der Waals surface area contributed by atoms with Crippen LogP contribution >= 0.6 is 0 Å². The molecule has 1 N–H and O–H groups in total. The van der Waals surface area contributed by atoms with E-state index in [0.29, 0.717) is 6.61 Å². The summed E-state index contributed by atoms with van der Waals surface area (Å²) < 4.78 is 11.6. The highest BCUT2D eigenvalue weighted by atomic mass is 16.5. The molecular formula is C24H27NO2. The van der Waals surface area contributed by atoms with Crippen molar-refractivity contribution in [3.05, 3.63) is 90.0 Å². The monoisotopic (exact) mass is 361 g/mol. The van der Waals surface area contributed by atoms with E-state index >= 15 is 0 Å². The molecule has 3 rings (SSSR count). The smallest absolute Gasteiger partial charge is 0.121 e. The first-order valence-electron chi connectivity index (χ1n) is 9.56. The molecule has 3 nitrogen and oxygen atoms in total. The molecule has 0 bridgehead atoms. The molecule has 0 aliphatic carbocycles. The average molecular weight is 361 g/mol. The zero-order valence-corrected chi connectivity index (χ0v) is 15.9. The first-order valence-corrected chi connectivity index (χ1v) is 9.56. The van der Waals surface area contributed by atoms with E-state index in [-0.39, 0.29) is 0 Å². The molecule has 140 valence electrons. The Balaban J connectivity index is 1.49. The molecule has 0 amide bonds. The lowest BCUT2D eigenvalue weighted by molar-refractivity contribution is 0.306. The van der Waals surface area contributed by atoms with Gasteiger partial charge in [-0.15, -0.1) is 0 Å². The summed E-state index contributed by atoms with van der Waals surface area (Å²) >= 11 is 0. The summed E-state index contributed by atoms with van der Waals surface area (Å²) in [5, 5.41) is 3.45. The van der Waals surface area contributed by atoms with Crippen LogP contribution in [0.4, 0.5) is 5.69 Å². The second kappa shape index (κ2) is 10.3. The quantitative estimate of drug-likeness (QED) is 0.445. The highest BCUT2D eigenvalue weighted by Gasteiger charge is 2.00. The third-order valence-corrected chi connectivity index (χ3v) is 4.27. The maximum atomic E-state index is 5.89. The number of unbranched alkanes of at least 4 members (excludes halogenated alkanes) is 1. The maximum Gasteiger partial charge on any atom is 0.121 e. The molecule has 0 aliphatic rings. The zero-order chi connectivity index (χ0) is 18.7. The second-order valence-electron chi connectivity index (χ2n) is 6.50. The summed E-state index contributed by atoms with van der Waals surface area (Å²) in [6.07, 6.45) is 2.24. The molecule has 0 aliphatic heterocycles. The van der Waals surface area contributed by atoms with E-state index in [1.807, 2.05) is 48.5 Å². The average Bonchev–Trinajstić information content (AvgIpc) is 2.73. The molecule has 0 aromatic heterocycles. The van der Waals surface area contributed by atoms with E-state index in [1.165, 1.54) is 5.56 Å². The number of rotatable bonds is 10. The van der Waals surface area contributed by atoms with E-state index in [9.17, 15) is 0 Å². The van der Waals surface area contributed by atoms with Crippen LogP contribution in [0.2, 0.25) is 0 Å². The van der Waals surface area contributed by atoms with Crippen LogP contribution < -0.4 is 14.8 Å². The topological polar surface area (TPSA) is 30.5 Å². The van der Waals surface area contributed by atoms with Gasteiger partial charge in [0.2, 0.25) is 0 Å². The fourth-order valence-corrected chi connectivity index (χ4v) is 2.68. The normalized spacial score (nSPS) is 10.4. The Hall–Kier alpha value is -2.94. The van der Waals surface area contributed by atoms with Crippen molar-refractivity contribution >= 4 is 5.69 Å². The van der Waals surface area contributed by atoms with Crippen molar-refractivity contribution in [2.45, 2.75) is 32.9 Å². The van der Waals surface area contributed by atoms with Crippen molar-refractivity contribution in [3.63, 3.8) is 0 Å². The van der Waals surface area contributed by atoms with Gasteiger partial charge in [-0.2, -0.15) is 0 Å². The summed E-state index contributed by atoms with van der Waals surface area (Å²) in [6, 6.07) is 26.5. The Morgan fingerprint density at radius 2 is 1.56 bits per heavy atom. The fraction of sp³-hybridized carbons (Fsp3) is 0.250. The summed E-state index contributed by atoms with van der Waals surface area (Å²) in [7, 11) is 0. The molecule has 0 unspecified atom stereocenters. The van der Waals surface area contributed by atoms with Crippen LogP contribution in [0.1, 0.15) is 30.9 Å². The zero-order valence-electron chi connectivity index (χ0n) is 15.9. The lowest BCUT2D eigenvalue weighted by Gasteiger charge is -2.11. The molecule has 3 heteroatoms. The van der Waals surface area contributed by atoms with Gasteiger partial charge in [-0.05, 0) is 41.8 Å². The second-order valence-corrected chi connectivity index (χ2v) is 6.50. The third kappa shape index (κ3) is 6.37. The summed E-state index contributed by atoms with van der Waals surface area (Å²) in [5.74, 6) is 1.80. The van der Waals surface area contributed by atoms with Crippen molar-refractivity contribution in [1.82, 2.24) is 0 Å². The number of ether oxygens (including phenoxy) is 2. The van der Waals surface area contributed by atoms with E-state index in [0.717, 1.165) is 48.7 Å². The minimum atomic E-state index is 0.573. The van der Waals surface area contributed by atoms with Crippen LogP contribution in [0, 0.1) is 0 Å². The fourth-order valence-electron chi connectivity index (χ4n) is 2.68. The predicted octanol–water partition coefficient (Wildman–Crippen LogP) is 6.06. The van der Waals surface area contributed by atoms with Gasteiger partial charge in [0.15, 0.2) is 0 Å². The number of hydrogen-bond acceptors (Lipinski definition) is 3. The summed E-state index contributed by atoms with van der Waals surface area (Å²) in [6.45, 7) is 4.28. The van der Waals surface area contributed by atoms with E-state index in [2.05, 4.69) is 42.6 Å². The van der Waals surface area contributed by atoms with Crippen molar-refractivity contribution in [1.29, 1.82) is 0 Å². The third-order valence-electron chi connectivity index (χ3n) is 4.27. The molecule has 0 spiro atoms. The standard InChI is InChI=1S/C24H27NO2/c1-2-3-16-26-23-14-12-20(13-15-23)18-25-22-10-7-11-24(17-22)27-19-21-8-5-4-6-9-21/h4-15,17,25H,2-3,16,18-19H2,1H3. The number of nitrogens with one attached hydrogen (secondary N) is 1. The van der Waals surface area contributed by atoms with Gasteiger partial charge in [0, 0.05) is 18.3 Å². The number of hydrogen-bond donors (Lipinski definition) is 1. The van der Waals surface area contributed by atoms with Crippen molar-refractivity contribution < 1.29 is 9.47 Å². The Kier molecular flexibility index (Phi) is 7.16. The number of benzene rings is 3. The largest absolute Gasteiger partial charge is 0.494 e. The summed E-state index contributed by atoms with van der Waals surface area (Å²) in [5.41, 5.74) is 3.43. The Morgan fingerprint density at radius 1 is 0.741 bits per heavy atom. The molecule has 0 fully saturated rings. The molecule has 0 atom stereocenters. The lowest BCUT2D eigenvalue weighted by atomic mass is 10.2. The van der Waals surface area contributed by atoms with Crippen molar-refractivity contribution in [2.24, 2.45) is 0 Å².